The summed E-state index contributed by atoms with van der Waals surface area (Å²) in [6.45, 7) is 4.38. The van der Waals surface area contributed by atoms with E-state index < -0.39 is 12.0 Å². The number of hydrogen-bond donors (Lipinski definition) is 2. The number of rotatable bonds is 13. The SMILES string of the molecule is CC/C=C(\C=C/CN=C(NC(=O)N(C)CCC(=O)O)N(C=O)Cc1ccc(CC)cc1)Oc1ccccn1. The molecule has 38 heavy (non-hydrogen) atoms. The molecule has 2 aromatic rings. The van der Waals surface area contributed by atoms with Gasteiger partial charge in [0.25, 0.3) is 0 Å². The summed E-state index contributed by atoms with van der Waals surface area (Å²) in [5, 5.41) is 11.5. The first-order valence-electron chi connectivity index (χ1n) is 12.4. The molecule has 0 aliphatic rings. The van der Waals surface area contributed by atoms with E-state index in [9.17, 15) is 14.4 Å². The van der Waals surface area contributed by atoms with Crippen molar-refractivity contribution in [1.29, 1.82) is 0 Å². The molecular weight excluding hydrogens is 486 g/mol. The maximum absolute atomic E-state index is 12.7. The van der Waals surface area contributed by atoms with Gasteiger partial charge in [-0.15, -0.1) is 0 Å². The highest BCUT2D eigenvalue weighted by atomic mass is 16.5. The molecule has 0 bridgehead atoms. The summed E-state index contributed by atoms with van der Waals surface area (Å²) >= 11 is 0. The fourth-order valence-corrected chi connectivity index (χ4v) is 3.18. The minimum absolute atomic E-state index is 0.00392. The number of carboxylic acid groups (broad SMARTS) is 1. The zero-order valence-electron chi connectivity index (χ0n) is 22.0. The van der Waals surface area contributed by atoms with E-state index in [1.807, 2.05) is 43.3 Å². The second kappa shape index (κ2) is 16.3. The lowest BCUT2D eigenvalue weighted by molar-refractivity contribution is -0.137. The quantitative estimate of drug-likeness (QED) is 0.135. The summed E-state index contributed by atoms with van der Waals surface area (Å²) in [6.07, 6.45) is 9.05. The molecule has 0 aliphatic carbocycles. The van der Waals surface area contributed by atoms with Crippen LogP contribution in [-0.2, 0) is 22.6 Å². The molecule has 0 aliphatic heterocycles. The van der Waals surface area contributed by atoms with Crippen LogP contribution in [0, 0.1) is 0 Å². The zero-order valence-corrected chi connectivity index (χ0v) is 22.0. The van der Waals surface area contributed by atoms with Crippen LogP contribution in [-0.4, -0.2) is 64.4 Å². The number of aryl methyl sites for hydroxylation is 1. The lowest BCUT2D eigenvalue weighted by Crippen LogP contribution is -2.48. The monoisotopic (exact) mass is 521 g/mol. The molecule has 0 saturated heterocycles. The van der Waals surface area contributed by atoms with Crippen LogP contribution in [0.2, 0.25) is 0 Å². The second-order valence-electron chi connectivity index (χ2n) is 8.25. The number of ether oxygens (including phenoxy) is 1. The number of allylic oxidation sites excluding steroid dienone is 2. The van der Waals surface area contributed by atoms with Gasteiger partial charge >= 0.3 is 12.0 Å². The summed E-state index contributed by atoms with van der Waals surface area (Å²) in [6, 6.07) is 12.6. The Bertz CT molecular complexity index is 1130. The van der Waals surface area contributed by atoms with Gasteiger partial charge in [-0.05, 0) is 42.2 Å². The highest BCUT2D eigenvalue weighted by Crippen LogP contribution is 2.11. The van der Waals surface area contributed by atoms with Crippen molar-refractivity contribution in [1.82, 2.24) is 20.1 Å². The fraction of sp³-hybridized carbons (Fsp3) is 0.321. The third kappa shape index (κ3) is 10.7. The highest BCUT2D eigenvalue weighted by molar-refractivity contribution is 6.00. The number of pyridine rings is 1. The minimum Gasteiger partial charge on any atom is -0.481 e. The van der Waals surface area contributed by atoms with Crippen LogP contribution in [0.25, 0.3) is 0 Å². The van der Waals surface area contributed by atoms with Crippen molar-refractivity contribution in [3.05, 3.63) is 83.8 Å². The Balaban J connectivity index is 2.20. The molecule has 0 radical (unpaired) electrons. The number of amides is 3. The van der Waals surface area contributed by atoms with Gasteiger partial charge in [0.2, 0.25) is 18.2 Å². The summed E-state index contributed by atoms with van der Waals surface area (Å²) in [4.78, 5) is 46.7. The average Bonchev–Trinajstić information content (AvgIpc) is 2.92. The lowest BCUT2D eigenvalue weighted by atomic mass is 10.1. The van der Waals surface area contributed by atoms with E-state index in [0.717, 1.165) is 18.4 Å². The number of nitrogens with one attached hydrogen (secondary N) is 1. The minimum atomic E-state index is -1.02. The van der Waals surface area contributed by atoms with Gasteiger partial charge in [-0.3, -0.25) is 19.8 Å². The first kappa shape index (κ1) is 29.8. The number of carbonyl (C=O) groups is 3. The molecule has 1 heterocycles. The second-order valence-corrected chi connectivity index (χ2v) is 8.25. The maximum Gasteiger partial charge on any atom is 0.323 e. The van der Waals surface area contributed by atoms with Crippen LogP contribution in [0.4, 0.5) is 4.79 Å². The molecule has 1 aromatic heterocycles. The number of carboxylic acids is 1. The van der Waals surface area contributed by atoms with Crippen molar-refractivity contribution in [2.75, 3.05) is 20.1 Å². The molecule has 0 fully saturated rings. The van der Waals surface area contributed by atoms with Gasteiger partial charge in [-0.25, -0.2) is 14.8 Å². The van der Waals surface area contributed by atoms with E-state index in [0.29, 0.717) is 18.0 Å². The Kier molecular flexibility index (Phi) is 12.8. The molecule has 10 heteroatoms. The van der Waals surface area contributed by atoms with Crippen molar-refractivity contribution in [2.45, 2.75) is 39.7 Å². The number of urea groups is 1. The number of hydrogen-bond acceptors (Lipinski definition) is 6. The number of aromatic nitrogens is 1. The van der Waals surface area contributed by atoms with Crippen molar-refractivity contribution < 1.29 is 24.2 Å². The summed E-state index contributed by atoms with van der Waals surface area (Å²) in [7, 11) is 1.47. The van der Waals surface area contributed by atoms with E-state index in [-0.39, 0.29) is 32.0 Å². The number of aliphatic imine (C=N–C) groups is 1. The van der Waals surface area contributed by atoms with Crippen molar-refractivity contribution in [3.63, 3.8) is 0 Å². The van der Waals surface area contributed by atoms with Crippen LogP contribution in [0.3, 0.4) is 0 Å². The Morgan fingerprint density at radius 1 is 1.13 bits per heavy atom. The van der Waals surface area contributed by atoms with Crippen LogP contribution >= 0.6 is 0 Å². The molecular formula is C28H35N5O5. The normalized spacial score (nSPS) is 11.8. The molecule has 2 rings (SSSR count). The predicted molar refractivity (Wildman–Crippen MR) is 146 cm³/mol. The molecule has 3 amide bonds. The first-order valence-corrected chi connectivity index (χ1v) is 12.4. The van der Waals surface area contributed by atoms with Crippen LogP contribution in [0.15, 0.2) is 77.6 Å². The largest absolute Gasteiger partial charge is 0.481 e. The molecule has 0 spiro atoms. The Morgan fingerprint density at radius 3 is 2.47 bits per heavy atom. The summed E-state index contributed by atoms with van der Waals surface area (Å²) < 4.78 is 5.79. The van der Waals surface area contributed by atoms with Crippen molar-refractivity contribution in [3.8, 4) is 5.88 Å². The van der Waals surface area contributed by atoms with Gasteiger partial charge in [0.05, 0.1) is 19.5 Å². The average molecular weight is 522 g/mol. The smallest absolute Gasteiger partial charge is 0.323 e. The van der Waals surface area contributed by atoms with Crippen LogP contribution in [0.1, 0.15) is 37.8 Å². The van der Waals surface area contributed by atoms with Crippen molar-refractivity contribution in [2.24, 2.45) is 4.99 Å². The molecule has 2 N–H and O–H groups in total. The molecule has 0 unspecified atom stereocenters. The van der Waals surface area contributed by atoms with Crippen molar-refractivity contribution >= 4 is 24.4 Å². The molecule has 0 atom stereocenters. The standard InChI is InChI=1S/C28H35N5O5/c1-4-9-24(38-25-11-6-7-17-29-25)10-8-18-30-27(31-28(37)32(3)19-16-26(35)36)33(21-34)20-23-14-12-22(5-2)13-15-23/h6-15,17,21H,4-5,16,18-20H2,1-3H3,(H,35,36)(H,30,31,37)/b10-8-,24-9+. The number of carbonyl (C=O) groups excluding carboxylic acids is 2. The van der Waals surface area contributed by atoms with Gasteiger partial charge < -0.3 is 14.7 Å². The summed E-state index contributed by atoms with van der Waals surface area (Å²) in [5.74, 6) is 0.0724. The van der Waals surface area contributed by atoms with Gasteiger partial charge in [-0.2, -0.15) is 0 Å². The maximum atomic E-state index is 12.7. The van der Waals surface area contributed by atoms with Gasteiger partial charge in [0.1, 0.15) is 5.76 Å². The Morgan fingerprint density at radius 2 is 1.87 bits per heavy atom. The van der Waals surface area contributed by atoms with Crippen LogP contribution in [0.5, 0.6) is 5.88 Å². The fourth-order valence-electron chi connectivity index (χ4n) is 3.18. The van der Waals surface area contributed by atoms with E-state index in [4.69, 9.17) is 9.84 Å². The lowest BCUT2D eigenvalue weighted by Gasteiger charge is -2.23. The van der Waals surface area contributed by atoms with E-state index in [2.05, 4.69) is 22.2 Å². The van der Waals surface area contributed by atoms with Gasteiger partial charge in [0.15, 0.2) is 0 Å². The third-order valence-electron chi connectivity index (χ3n) is 5.30. The predicted octanol–water partition coefficient (Wildman–Crippen LogP) is 4.00. The van der Waals surface area contributed by atoms with Gasteiger partial charge in [0, 0.05) is 25.9 Å². The first-order chi connectivity index (χ1) is 18.4. The molecule has 202 valence electrons. The third-order valence-corrected chi connectivity index (χ3v) is 5.30. The topological polar surface area (TPSA) is 124 Å². The molecule has 0 saturated carbocycles. The highest BCUT2D eigenvalue weighted by Gasteiger charge is 2.17. The van der Waals surface area contributed by atoms with E-state index in [1.165, 1.54) is 22.4 Å². The summed E-state index contributed by atoms with van der Waals surface area (Å²) in [5.41, 5.74) is 2.03. The number of nitrogens with zero attached hydrogens (tertiary/aromatic N) is 4. The van der Waals surface area contributed by atoms with Gasteiger partial charge in [-0.1, -0.05) is 50.3 Å². The Hall–Kier alpha value is -4.47. The number of aliphatic carboxylic acids is 1. The Labute approximate surface area is 223 Å². The molecule has 10 nitrogen and oxygen atoms in total. The number of benzene rings is 1. The van der Waals surface area contributed by atoms with Crippen LogP contribution < -0.4 is 10.1 Å². The zero-order chi connectivity index (χ0) is 27.8. The molecule has 1 aromatic carbocycles. The van der Waals surface area contributed by atoms with E-state index in [1.54, 1.807) is 30.5 Å². The number of guanidine groups is 1. The van der Waals surface area contributed by atoms with E-state index >= 15 is 0 Å².